The van der Waals surface area contributed by atoms with Crippen LogP contribution in [0.25, 0.3) is 0 Å². The highest BCUT2D eigenvalue weighted by molar-refractivity contribution is 5.95. The summed E-state index contributed by atoms with van der Waals surface area (Å²) in [5, 5.41) is 3.01. The molecule has 3 rings (SSSR count). The Hall–Kier alpha value is -2.56. The molecule has 5 heteroatoms. The number of piperidine rings is 1. The van der Waals surface area contributed by atoms with Crippen LogP contribution in [-0.2, 0) is 11.2 Å². The Morgan fingerprint density at radius 1 is 1.24 bits per heavy atom. The fourth-order valence-electron chi connectivity index (χ4n) is 3.27. The van der Waals surface area contributed by atoms with Crippen molar-refractivity contribution in [3.63, 3.8) is 0 Å². The van der Waals surface area contributed by atoms with Gasteiger partial charge in [0.05, 0.1) is 17.7 Å². The summed E-state index contributed by atoms with van der Waals surface area (Å²) < 4.78 is 5.22. The van der Waals surface area contributed by atoms with Crippen LogP contribution >= 0.6 is 0 Å². The highest BCUT2D eigenvalue weighted by Gasteiger charge is 2.29. The van der Waals surface area contributed by atoms with Crippen molar-refractivity contribution in [2.45, 2.75) is 26.2 Å². The molecule has 1 N–H and O–H groups in total. The number of hydrogen-bond acceptors (Lipinski definition) is 3. The first-order chi connectivity index (χ1) is 12.1. The van der Waals surface area contributed by atoms with E-state index in [1.54, 1.807) is 17.9 Å². The molecule has 1 aliphatic heterocycles. The summed E-state index contributed by atoms with van der Waals surface area (Å²) in [5.74, 6) is 0.477. The second kappa shape index (κ2) is 8.01. The normalized spacial score (nSPS) is 17.3. The van der Waals surface area contributed by atoms with Crippen molar-refractivity contribution >= 4 is 11.8 Å². The molecular weight excluding hydrogens is 316 g/mol. The molecule has 2 heterocycles. The lowest BCUT2D eigenvalue weighted by molar-refractivity contribution is -0.126. The van der Waals surface area contributed by atoms with Crippen molar-refractivity contribution in [3.8, 4) is 0 Å². The SMILES string of the molecule is Cc1occc1C(=O)N1CCCC(C(=O)NCCc2ccccc2)C1. The van der Waals surface area contributed by atoms with Gasteiger partial charge in [-0.05, 0) is 37.8 Å². The van der Waals surface area contributed by atoms with Gasteiger partial charge in [0.2, 0.25) is 5.91 Å². The lowest BCUT2D eigenvalue weighted by Crippen LogP contribution is -2.45. The molecule has 25 heavy (non-hydrogen) atoms. The molecule has 1 aromatic carbocycles. The first kappa shape index (κ1) is 17.3. The molecule has 2 amide bonds. The van der Waals surface area contributed by atoms with Crippen LogP contribution in [0.3, 0.4) is 0 Å². The Balaban J connectivity index is 1.51. The van der Waals surface area contributed by atoms with E-state index in [-0.39, 0.29) is 17.7 Å². The molecule has 132 valence electrons. The zero-order valence-electron chi connectivity index (χ0n) is 14.5. The number of carbonyl (C=O) groups excluding carboxylic acids is 2. The minimum atomic E-state index is -0.138. The number of likely N-dealkylation sites (tertiary alicyclic amines) is 1. The monoisotopic (exact) mass is 340 g/mol. The topological polar surface area (TPSA) is 62.6 Å². The van der Waals surface area contributed by atoms with Crippen molar-refractivity contribution in [1.82, 2.24) is 10.2 Å². The molecule has 1 unspecified atom stereocenters. The van der Waals surface area contributed by atoms with Gasteiger partial charge in [-0.2, -0.15) is 0 Å². The number of hydrogen-bond donors (Lipinski definition) is 1. The van der Waals surface area contributed by atoms with Crippen LogP contribution < -0.4 is 5.32 Å². The highest BCUT2D eigenvalue weighted by atomic mass is 16.3. The average Bonchev–Trinajstić information content (AvgIpc) is 3.08. The molecule has 0 bridgehead atoms. The van der Waals surface area contributed by atoms with Gasteiger partial charge in [0.25, 0.3) is 5.91 Å². The Morgan fingerprint density at radius 3 is 2.76 bits per heavy atom. The predicted molar refractivity (Wildman–Crippen MR) is 95.2 cm³/mol. The molecule has 0 spiro atoms. The van der Waals surface area contributed by atoms with E-state index >= 15 is 0 Å². The zero-order valence-corrected chi connectivity index (χ0v) is 14.5. The van der Waals surface area contributed by atoms with Crippen molar-refractivity contribution < 1.29 is 14.0 Å². The Labute approximate surface area is 148 Å². The molecule has 0 aliphatic carbocycles. The lowest BCUT2D eigenvalue weighted by Gasteiger charge is -2.32. The molecule has 1 aliphatic rings. The Kier molecular flexibility index (Phi) is 5.53. The summed E-state index contributed by atoms with van der Waals surface area (Å²) in [5.41, 5.74) is 1.80. The molecule has 5 nitrogen and oxygen atoms in total. The molecule has 1 aromatic heterocycles. The quantitative estimate of drug-likeness (QED) is 0.910. The standard InChI is InChI=1S/C20H24N2O3/c1-15-18(10-13-25-15)20(24)22-12-5-8-17(14-22)19(23)21-11-9-16-6-3-2-4-7-16/h2-4,6-7,10,13,17H,5,8-9,11-12,14H2,1H3,(H,21,23). The van der Waals surface area contributed by atoms with E-state index < -0.39 is 0 Å². The van der Waals surface area contributed by atoms with Gasteiger partial charge in [0, 0.05) is 19.6 Å². The maximum absolute atomic E-state index is 12.6. The van der Waals surface area contributed by atoms with Gasteiger partial charge in [-0.15, -0.1) is 0 Å². The summed E-state index contributed by atoms with van der Waals surface area (Å²) in [6.45, 7) is 3.57. The lowest BCUT2D eigenvalue weighted by atomic mass is 9.96. The number of amides is 2. The highest BCUT2D eigenvalue weighted by Crippen LogP contribution is 2.20. The van der Waals surface area contributed by atoms with Crippen molar-refractivity contribution in [2.75, 3.05) is 19.6 Å². The van der Waals surface area contributed by atoms with E-state index in [9.17, 15) is 9.59 Å². The molecule has 1 saturated heterocycles. The maximum Gasteiger partial charge on any atom is 0.257 e. The van der Waals surface area contributed by atoms with Crippen molar-refractivity contribution in [3.05, 3.63) is 59.5 Å². The number of benzene rings is 1. The number of aryl methyl sites for hydroxylation is 1. The zero-order chi connectivity index (χ0) is 17.6. The second-order valence-corrected chi connectivity index (χ2v) is 6.51. The number of carbonyl (C=O) groups is 2. The summed E-state index contributed by atoms with van der Waals surface area (Å²) in [6, 6.07) is 11.8. The van der Waals surface area contributed by atoms with Gasteiger partial charge in [-0.25, -0.2) is 0 Å². The van der Waals surface area contributed by atoms with Crippen LogP contribution in [0.1, 0.15) is 34.5 Å². The molecule has 1 fully saturated rings. The average molecular weight is 340 g/mol. The van der Waals surface area contributed by atoms with Gasteiger partial charge in [-0.3, -0.25) is 9.59 Å². The minimum absolute atomic E-state index is 0.0392. The van der Waals surface area contributed by atoms with E-state index in [1.807, 2.05) is 18.2 Å². The number of furan rings is 1. The Bertz CT molecular complexity index is 724. The van der Waals surface area contributed by atoms with Crippen LogP contribution in [0.4, 0.5) is 0 Å². The van der Waals surface area contributed by atoms with Gasteiger partial charge < -0.3 is 14.6 Å². The van der Waals surface area contributed by atoms with E-state index in [0.717, 1.165) is 19.3 Å². The third-order valence-corrected chi connectivity index (χ3v) is 4.72. The Morgan fingerprint density at radius 2 is 2.04 bits per heavy atom. The van der Waals surface area contributed by atoms with Crippen LogP contribution in [0.2, 0.25) is 0 Å². The summed E-state index contributed by atoms with van der Waals surface area (Å²) in [4.78, 5) is 26.8. The summed E-state index contributed by atoms with van der Waals surface area (Å²) in [7, 11) is 0. The number of nitrogens with one attached hydrogen (secondary N) is 1. The molecule has 1 atom stereocenters. The van der Waals surface area contributed by atoms with Crippen LogP contribution in [-0.4, -0.2) is 36.3 Å². The molecule has 0 saturated carbocycles. The summed E-state index contributed by atoms with van der Waals surface area (Å²) in [6.07, 6.45) is 4.02. The third-order valence-electron chi connectivity index (χ3n) is 4.72. The predicted octanol–water partition coefficient (Wildman–Crippen LogP) is 2.80. The molecular formula is C20H24N2O3. The van der Waals surface area contributed by atoms with Crippen LogP contribution in [0, 0.1) is 12.8 Å². The number of rotatable bonds is 5. The second-order valence-electron chi connectivity index (χ2n) is 6.51. The van der Waals surface area contributed by atoms with Crippen LogP contribution in [0.15, 0.2) is 47.1 Å². The van der Waals surface area contributed by atoms with Gasteiger partial charge >= 0.3 is 0 Å². The minimum Gasteiger partial charge on any atom is -0.469 e. The first-order valence-corrected chi connectivity index (χ1v) is 8.80. The molecule has 0 radical (unpaired) electrons. The first-order valence-electron chi connectivity index (χ1n) is 8.80. The smallest absolute Gasteiger partial charge is 0.257 e. The van der Waals surface area contributed by atoms with Gasteiger partial charge in [0.15, 0.2) is 0 Å². The maximum atomic E-state index is 12.6. The van der Waals surface area contributed by atoms with E-state index in [4.69, 9.17) is 4.42 Å². The largest absolute Gasteiger partial charge is 0.469 e. The third kappa shape index (κ3) is 4.29. The summed E-state index contributed by atoms with van der Waals surface area (Å²) >= 11 is 0. The van der Waals surface area contributed by atoms with Crippen molar-refractivity contribution in [2.24, 2.45) is 5.92 Å². The number of nitrogens with zero attached hydrogens (tertiary/aromatic N) is 1. The molecule has 2 aromatic rings. The van der Waals surface area contributed by atoms with Crippen LogP contribution in [0.5, 0.6) is 0 Å². The van der Waals surface area contributed by atoms with Gasteiger partial charge in [0.1, 0.15) is 5.76 Å². The fraction of sp³-hybridized carbons (Fsp3) is 0.400. The van der Waals surface area contributed by atoms with Gasteiger partial charge in [-0.1, -0.05) is 30.3 Å². The van der Waals surface area contributed by atoms with E-state index in [1.165, 1.54) is 11.8 Å². The fourth-order valence-corrected chi connectivity index (χ4v) is 3.27. The van der Waals surface area contributed by atoms with E-state index in [0.29, 0.717) is 31.0 Å². The van der Waals surface area contributed by atoms with E-state index in [2.05, 4.69) is 17.4 Å². The van der Waals surface area contributed by atoms with Crippen molar-refractivity contribution in [1.29, 1.82) is 0 Å².